The number of hydrogen-bond donors (Lipinski definition) is 3. The van der Waals surface area contributed by atoms with E-state index in [1.807, 2.05) is 12.1 Å². The Labute approximate surface area is 142 Å². The molecule has 0 aliphatic rings. The topological polar surface area (TPSA) is 87.7 Å². The van der Waals surface area contributed by atoms with Gasteiger partial charge in [0.05, 0.1) is 8.66 Å². The lowest BCUT2D eigenvalue weighted by molar-refractivity contribution is 0.0955. The van der Waals surface area contributed by atoms with Gasteiger partial charge in [0.1, 0.15) is 0 Å². The Bertz CT molecular complexity index is 664. The fourth-order valence-corrected chi connectivity index (χ4v) is 3.53. The minimum atomic E-state index is -0.132. The van der Waals surface area contributed by atoms with E-state index >= 15 is 0 Å². The summed E-state index contributed by atoms with van der Waals surface area (Å²) in [5.74, 6) is -0.0780. The molecule has 2 rings (SSSR count). The fourth-order valence-electron chi connectivity index (χ4n) is 1.58. The summed E-state index contributed by atoms with van der Waals surface area (Å²) in [6.45, 7) is 0.405. The maximum absolute atomic E-state index is 12.0. The van der Waals surface area contributed by atoms with Crippen LogP contribution in [0.2, 0.25) is 0 Å². The molecular weight excluding hydrogens is 422 g/mol. The third-order valence-corrected chi connectivity index (χ3v) is 5.93. The number of nitrogens with one attached hydrogen (secondary N) is 1. The van der Waals surface area contributed by atoms with E-state index in [0.717, 1.165) is 13.8 Å². The number of benzene rings is 1. The van der Waals surface area contributed by atoms with E-state index in [9.17, 15) is 4.79 Å². The van der Waals surface area contributed by atoms with Crippen LogP contribution in [0.4, 0.5) is 0 Å². The van der Waals surface area contributed by atoms with Crippen molar-refractivity contribution in [3.63, 3.8) is 0 Å². The van der Waals surface area contributed by atoms with Gasteiger partial charge in [-0.1, -0.05) is 29.4 Å². The summed E-state index contributed by atoms with van der Waals surface area (Å²) in [7, 11) is 0. The molecule has 1 aromatic carbocycles. The first-order valence-electron chi connectivity index (χ1n) is 5.81. The van der Waals surface area contributed by atoms with Crippen molar-refractivity contribution in [1.82, 2.24) is 5.32 Å². The number of thiophene rings is 1. The number of amidine groups is 1. The first kappa shape index (κ1) is 16.0. The molecule has 1 aromatic heterocycles. The van der Waals surface area contributed by atoms with Crippen molar-refractivity contribution in [2.24, 2.45) is 10.9 Å². The molecule has 0 unspecified atom stereocenters. The quantitative estimate of drug-likeness (QED) is 0.299. The van der Waals surface area contributed by atoms with Gasteiger partial charge in [-0.25, -0.2) is 0 Å². The van der Waals surface area contributed by atoms with Crippen LogP contribution < -0.4 is 11.1 Å². The van der Waals surface area contributed by atoms with Crippen molar-refractivity contribution in [2.75, 3.05) is 0 Å². The molecule has 0 saturated carbocycles. The highest BCUT2D eigenvalue weighted by Crippen LogP contribution is 2.32. The molecule has 0 aliphatic carbocycles. The zero-order valence-corrected chi connectivity index (χ0v) is 14.6. The van der Waals surface area contributed by atoms with E-state index in [2.05, 4.69) is 42.3 Å². The molecule has 5 nitrogen and oxygen atoms in total. The summed E-state index contributed by atoms with van der Waals surface area (Å²) >= 11 is 8.07. The number of nitrogens with two attached hydrogens (primary N) is 1. The molecule has 0 aliphatic heterocycles. The van der Waals surface area contributed by atoms with E-state index in [4.69, 9.17) is 10.9 Å². The summed E-state index contributed by atoms with van der Waals surface area (Å²) in [6, 6.07) is 8.86. The van der Waals surface area contributed by atoms with Crippen molar-refractivity contribution >= 4 is 54.9 Å². The summed E-state index contributed by atoms with van der Waals surface area (Å²) in [4.78, 5) is 12.6. The number of amides is 1. The van der Waals surface area contributed by atoms with Crippen LogP contribution in [0.1, 0.15) is 20.8 Å². The van der Waals surface area contributed by atoms with E-state index in [-0.39, 0.29) is 11.7 Å². The highest BCUT2D eigenvalue weighted by Gasteiger charge is 2.11. The molecule has 21 heavy (non-hydrogen) atoms. The van der Waals surface area contributed by atoms with Crippen LogP contribution in [0, 0.1) is 0 Å². The van der Waals surface area contributed by atoms with Crippen molar-refractivity contribution in [3.05, 3.63) is 54.6 Å². The molecule has 0 saturated heterocycles. The van der Waals surface area contributed by atoms with Gasteiger partial charge < -0.3 is 16.3 Å². The maximum Gasteiger partial charge on any atom is 0.261 e. The Balaban J connectivity index is 1.98. The highest BCUT2D eigenvalue weighted by atomic mass is 79.9. The van der Waals surface area contributed by atoms with Crippen molar-refractivity contribution in [3.8, 4) is 0 Å². The van der Waals surface area contributed by atoms with Crippen LogP contribution in [0.25, 0.3) is 0 Å². The average molecular weight is 433 g/mol. The highest BCUT2D eigenvalue weighted by molar-refractivity contribution is 9.13. The standard InChI is InChI=1S/C13H11Br2N3O2S/c14-9-5-10(21-11(9)15)13(19)17-6-7-1-3-8(4-2-7)12(16)18-20/h1-5,20H,6H2,(H2,16,18)(H,17,19). The number of oxime groups is 1. The first-order chi connectivity index (χ1) is 10.0. The van der Waals surface area contributed by atoms with Gasteiger partial charge in [0.15, 0.2) is 5.84 Å². The molecule has 1 amide bonds. The van der Waals surface area contributed by atoms with Crippen LogP contribution in [0.3, 0.4) is 0 Å². The predicted molar refractivity (Wildman–Crippen MR) is 89.8 cm³/mol. The summed E-state index contributed by atoms with van der Waals surface area (Å²) < 4.78 is 1.75. The molecule has 0 spiro atoms. The predicted octanol–water partition coefficient (Wildman–Crippen LogP) is 3.30. The fraction of sp³-hybridized carbons (Fsp3) is 0.0769. The van der Waals surface area contributed by atoms with Crippen LogP contribution in [0.5, 0.6) is 0 Å². The Morgan fingerprint density at radius 3 is 2.52 bits per heavy atom. The van der Waals surface area contributed by atoms with Crippen LogP contribution in [0.15, 0.2) is 43.7 Å². The van der Waals surface area contributed by atoms with Crippen molar-refractivity contribution < 1.29 is 10.0 Å². The number of hydrogen-bond acceptors (Lipinski definition) is 4. The molecule has 0 bridgehead atoms. The van der Waals surface area contributed by atoms with E-state index < -0.39 is 0 Å². The molecule has 2 aromatic rings. The molecular formula is C13H11Br2N3O2S. The second-order valence-corrected chi connectivity index (χ2v) is 7.32. The summed E-state index contributed by atoms with van der Waals surface area (Å²) in [6.07, 6.45) is 0. The van der Waals surface area contributed by atoms with Crippen molar-refractivity contribution in [1.29, 1.82) is 0 Å². The largest absolute Gasteiger partial charge is 0.409 e. The smallest absolute Gasteiger partial charge is 0.261 e. The van der Waals surface area contributed by atoms with E-state index in [1.165, 1.54) is 11.3 Å². The van der Waals surface area contributed by atoms with Crippen LogP contribution in [-0.2, 0) is 6.54 Å². The average Bonchev–Trinajstić information content (AvgIpc) is 2.84. The molecule has 0 fully saturated rings. The molecule has 1 heterocycles. The maximum atomic E-state index is 12.0. The lowest BCUT2D eigenvalue weighted by Crippen LogP contribution is -2.21. The van der Waals surface area contributed by atoms with Crippen LogP contribution in [-0.4, -0.2) is 17.0 Å². The van der Waals surface area contributed by atoms with Gasteiger partial charge in [0.25, 0.3) is 5.91 Å². The number of halogens is 2. The minimum absolute atomic E-state index is 0.0545. The van der Waals surface area contributed by atoms with E-state index in [0.29, 0.717) is 17.0 Å². The second kappa shape index (κ2) is 7.06. The molecule has 4 N–H and O–H groups in total. The number of carbonyl (C=O) groups is 1. The van der Waals surface area contributed by atoms with Gasteiger partial charge in [-0.05, 0) is 43.5 Å². The van der Waals surface area contributed by atoms with Gasteiger partial charge in [0.2, 0.25) is 0 Å². The van der Waals surface area contributed by atoms with E-state index in [1.54, 1.807) is 18.2 Å². The number of carbonyl (C=O) groups excluding carboxylic acids is 1. The monoisotopic (exact) mass is 431 g/mol. The van der Waals surface area contributed by atoms with Gasteiger partial charge >= 0.3 is 0 Å². The SMILES string of the molecule is N/C(=N/O)c1ccc(CNC(=O)c2cc(Br)c(Br)s2)cc1. The number of rotatable bonds is 4. The molecule has 110 valence electrons. The summed E-state index contributed by atoms with van der Waals surface area (Å²) in [5.41, 5.74) is 7.03. The second-order valence-electron chi connectivity index (χ2n) is 4.10. The van der Waals surface area contributed by atoms with Gasteiger partial charge in [-0.2, -0.15) is 0 Å². The normalized spacial score (nSPS) is 11.4. The first-order valence-corrected chi connectivity index (χ1v) is 8.21. The van der Waals surface area contributed by atoms with Crippen LogP contribution >= 0.6 is 43.2 Å². The third-order valence-electron chi connectivity index (χ3n) is 2.68. The molecule has 0 atom stereocenters. The third kappa shape index (κ3) is 4.05. The zero-order chi connectivity index (χ0) is 15.4. The van der Waals surface area contributed by atoms with Gasteiger partial charge in [-0.3, -0.25) is 4.79 Å². The minimum Gasteiger partial charge on any atom is -0.409 e. The Kier molecular flexibility index (Phi) is 5.38. The lowest BCUT2D eigenvalue weighted by atomic mass is 10.1. The Morgan fingerprint density at radius 1 is 1.33 bits per heavy atom. The zero-order valence-electron chi connectivity index (χ0n) is 10.6. The summed E-state index contributed by atoms with van der Waals surface area (Å²) in [5, 5.41) is 14.4. The number of nitrogens with zero attached hydrogens (tertiary/aromatic N) is 1. The molecule has 0 radical (unpaired) electrons. The lowest BCUT2D eigenvalue weighted by Gasteiger charge is -2.05. The van der Waals surface area contributed by atoms with Gasteiger partial charge in [0, 0.05) is 16.6 Å². The van der Waals surface area contributed by atoms with Gasteiger partial charge in [-0.15, -0.1) is 11.3 Å². The molecule has 8 heteroatoms. The Morgan fingerprint density at radius 2 is 2.00 bits per heavy atom. The Hall–Kier alpha value is -1.38. The van der Waals surface area contributed by atoms with Crippen molar-refractivity contribution in [2.45, 2.75) is 6.54 Å².